The van der Waals surface area contributed by atoms with Gasteiger partial charge in [-0.25, -0.2) is 9.37 Å². The minimum absolute atomic E-state index is 0.231. The summed E-state index contributed by atoms with van der Waals surface area (Å²) in [6.45, 7) is 3.43. The van der Waals surface area contributed by atoms with Crippen LogP contribution in [-0.2, 0) is 6.42 Å². The Morgan fingerprint density at radius 1 is 1.16 bits per heavy atom. The standard InChI is InChI=1S/C15H18FN3/c1-2-19(14-6-4-13(16)5-7-14)15-8-3-12(9-10-17)11-18-15/h3-8,11H,2,9-10,17H2,1H3. The van der Waals surface area contributed by atoms with Gasteiger partial charge in [0, 0.05) is 18.4 Å². The predicted octanol–water partition coefficient (Wildman–Crippen LogP) is 2.88. The van der Waals surface area contributed by atoms with Gasteiger partial charge in [0.1, 0.15) is 11.6 Å². The summed E-state index contributed by atoms with van der Waals surface area (Å²) in [5, 5.41) is 0. The molecule has 0 aliphatic rings. The van der Waals surface area contributed by atoms with Gasteiger partial charge in [0.2, 0.25) is 0 Å². The first kappa shape index (κ1) is 13.5. The normalized spacial score (nSPS) is 10.5. The Balaban J connectivity index is 2.23. The molecule has 3 nitrogen and oxygen atoms in total. The monoisotopic (exact) mass is 259 g/mol. The van der Waals surface area contributed by atoms with E-state index in [1.54, 1.807) is 12.1 Å². The molecule has 1 heterocycles. The Morgan fingerprint density at radius 3 is 2.42 bits per heavy atom. The number of hydrogen-bond acceptors (Lipinski definition) is 3. The maximum Gasteiger partial charge on any atom is 0.132 e. The third kappa shape index (κ3) is 3.29. The van der Waals surface area contributed by atoms with Crippen LogP contribution in [0.3, 0.4) is 0 Å². The third-order valence-electron chi connectivity index (χ3n) is 2.97. The van der Waals surface area contributed by atoms with Gasteiger partial charge in [-0.3, -0.25) is 0 Å². The quantitative estimate of drug-likeness (QED) is 0.897. The molecule has 0 aliphatic heterocycles. The van der Waals surface area contributed by atoms with Crippen molar-refractivity contribution in [3.63, 3.8) is 0 Å². The van der Waals surface area contributed by atoms with Crippen LogP contribution in [0.1, 0.15) is 12.5 Å². The molecular formula is C15H18FN3. The fourth-order valence-corrected chi connectivity index (χ4v) is 1.99. The maximum atomic E-state index is 12.9. The third-order valence-corrected chi connectivity index (χ3v) is 2.97. The highest BCUT2D eigenvalue weighted by molar-refractivity contribution is 5.59. The van der Waals surface area contributed by atoms with E-state index >= 15 is 0 Å². The second-order valence-electron chi connectivity index (χ2n) is 4.28. The van der Waals surface area contributed by atoms with Gasteiger partial charge >= 0.3 is 0 Å². The zero-order valence-corrected chi connectivity index (χ0v) is 11.0. The Labute approximate surface area is 112 Å². The topological polar surface area (TPSA) is 42.1 Å². The lowest BCUT2D eigenvalue weighted by Gasteiger charge is -2.22. The number of hydrogen-bond donors (Lipinski definition) is 1. The first-order valence-corrected chi connectivity index (χ1v) is 6.42. The average Bonchev–Trinajstić information content (AvgIpc) is 2.44. The van der Waals surface area contributed by atoms with E-state index < -0.39 is 0 Å². The lowest BCUT2D eigenvalue weighted by molar-refractivity contribution is 0.628. The van der Waals surface area contributed by atoms with Gasteiger partial charge in [-0.15, -0.1) is 0 Å². The van der Waals surface area contributed by atoms with Crippen LogP contribution in [0.25, 0.3) is 0 Å². The molecular weight excluding hydrogens is 241 g/mol. The average molecular weight is 259 g/mol. The van der Waals surface area contributed by atoms with Gasteiger partial charge in [0.25, 0.3) is 0 Å². The molecule has 0 atom stereocenters. The van der Waals surface area contributed by atoms with Crippen molar-refractivity contribution in [3.05, 3.63) is 54.0 Å². The molecule has 2 rings (SSSR count). The number of anilines is 2. The van der Waals surface area contributed by atoms with Crippen LogP contribution >= 0.6 is 0 Å². The van der Waals surface area contributed by atoms with E-state index in [1.807, 2.05) is 30.2 Å². The number of nitrogens with zero attached hydrogens (tertiary/aromatic N) is 2. The van der Waals surface area contributed by atoms with E-state index in [2.05, 4.69) is 4.98 Å². The van der Waals surface area contributed by atoms with Crippen molar-refractivity contribution in [1.82, 2.24) is 4.98 Å². The highest BCUT2D eigenvalue weighted by atomic mass is 19.1. The van der Waals surface area contributed by atoms with Crippen molar-refractivity contribution in [2.75, 3.05) is 18.0 Å². The zero-order valence-electron chi connectivity index (χ0n) is 11.0. The Kier molecular flexibility index (Phi) is 4.47. The number of pyridine rings is 1. The van der Waals surface area contributed by atoms with Crippen molar-refractivity contribution in [2.24, 2.45) is 5.73 Å². The van der Waals surface area contributed by atoms with Crippen LogP contribution in [0.2, 0.25) is 0 Å². The predicted molar refractivity (Wildman–Crippen MR) is 76.1 cm³/mol. The molecule has 0 unspecified atom stereocenters. The molecule has 0 fully saturated rings. The molecule has 0 bridgehead atoms. The first-order valence-electron chi connectivity index (χ1n) is 6.42. The molecule has 1 aromatic heterocycles. The second-order valence-corrected chi connectivity index (χ2v) is 4.28. The summed E-state index contributed by atoms with van der Waals surface area (Å²) in [6, 6.07) is 10.4. The largest absolute Gasteiger partial charge is 0.330 e. The fourth-order valence-electron chi connectivity index (χ4n) is 1.99. The second kappa shape index (κ2) is 6.29. The Bertz CT molecular complexity index is 508. The van der Waals surface area contributed by atoms with Crippen LogP contribution in [0, 0.1) is 5.82 Å². The molecule has 0 amide bonds. The van der Waals surface area contributed by atoms with Crippen molar-refractivity contribution < 1.29 is 4.39 Å². The van der Waals surface area contributed by atoms with Crippen molar-refractivity contribution >= 4 is 11.5 Å². The van der Waals surface area contributed by atoms with E-state index in [4.69, 9.17) is 5.73 Å². The Hall–Kier alpha value is -1.94. The number of aromatic nitrogens is 1. The smallest absolute Gasteiger partial charge is 0.132 e. The van der Waals surface area contributed by atoms with Crippen molar-refractivity contribution in [1.29, 1.82) is 0 Å². The highest BCUT2D eigenvalue weighted by Gasteiger charge is 2.08. The molecule has 0 saturated heterocycles. The van der Waals surface area contributed by atoms with Gasteiger partial charge in [0.05, 0.1) is 0 Å². The minimum atomic E-state index is -0.231. The van der Waals surface area contributed by atoms with Gasteiger partial charge in [-0.2, -0.15) is 0 Å². The first-order chi connectivity index (χ1) is 9.24. The molecule has 0 saturated carbocycles. The summed E-state index contributed by atoms with van der Waals surface area (Å²) < 4.78 is 12.9. The maximum absolute atomic E-state index is 12.9. The fraction of sp³-hybridized carbons (Fsp3) is 0.267. The summed E-state index contributed by atoms with van der Waals surface area (Å²) in [4.78, 5) is 6.48. The summed E-state index contributed by atoms with van der Waals surface area (Å²) in [5.74, 6) is 0.626. The minimum Gasteiger partial charge on any atom is -0.330 e. The number of benzene rings is 1. The number of nitrogens with two attached hydrogens (primary N) is 1. The molecule has 0 spiro atoms. The molecule has 100 valence electrons. The van der Waals surface area contributed by atoms with Crippen LogP contribution in [-0.4, -0.2) is 18.1 Å². The van der Waals surface area contributed by atoms with Gasteiger partial charge in [-0.1, -0.05) is 6.07 Å². The van der Waals surface area contributed by atoms with Gasteiger partial charge in [0.15, 0.2) is 0 Å². The van der Waals surface area contributed by atoms with E-state index in [9.17, 15) is 4.39 Å². The number of halogens is 1. The molecule has 1 aromatic carbocycles. The van der Waals surface area contributed by atoms with E-state index in [0.717, 1.165) is 30.0 Å². The van der Waals surface area contributed by atoms with E-state index in [0.29, 0.717) is 6.54 Å². The molecule has 2 aromatic rings. The summed E-state index contributed by atoms with van der Waals surface area (Å²) in [6.07, 6.45) is 2.67. The molecule has 0 radical (unpaired) electrons. The Morgan fingerprint density at radius 2 is 1.89 bits per heavy atom. The molecule has 2 N–H and O–H groups in total. The molecule has 4 heteroatoms. The summed E-state index contributed by atoms with van der Waals surface area (Å²) >= 11 is 0. The van der Waals surface area contributed by atoms with Crippen LogP contribution < -0.4 is 10.6 Å². The summed E-state index contributed by atoms with van der Waals surface area (Å²) in [7, 11) is 0. The van der Waals surface area contributed by atoms with Crippen LogP contribution in [0.5, 0.6) is 0 Å². The van der Waals surface area contributed by atoms with E-state index in [1.165, 1.54) is 12.1 Å². The zero-order chi connectivity index (χ0) is 13.7. The van der Waals surface area contributed by atoms with Crippen molar-refractivity contribution in [2.45, 2.75) is 13.3 Å². The van der Waals surface area contributed by atoms with Gasteiger partial charge in [-0.05, 0) is 55.8 Å². The molecule has 19 heavy (non-hydrogen) atoms. The van der Waals surface area contributed by atoms with Gasteiger partial charge < -0.3 is 10.6 Å². The summed E-state index contributed by atoms with van der Waals surface area (Å²) in [5.41, 5.74) is 7.58. The van der Waals surface area contributed by atoms with Crippen LogP contribution in [0.4, 0.5) is 15.9 Å². The SMILES string of the molecule is CCN(c1ccc(F)cc1)c1ccc(CCN)cn1. The van der Waals surface area contributed by atoms with Crippen LogP contribution in [0.15, 0.2) is 42.6 Å². The molecule has 0 aliphatic carbocycles. The number of rotatable bonds is 5. The lowest BCUT2D eigenvalue weighted by atomic mass is 10.2. The van der Waals surface area contributed by atoms with Crippen molar-refractivity contribution in [3.8, 4) is 0 Å². The van der Waals surface area contributed by atoms with E-state index in [-0.39, 0.29) is 5.82 Å². The lowest BCUT2D eigenvalue weighted by Crippen LogP contribution is -2.17. The highest BCUT2D eigenvalue weighted by Crippen LogP contribution is 2.23.